The molecule has 0 spiro atoms. The summed E-state index contributed by atoms with van der Waals surface area (Å²) in [5.41, 5.74) is 2.94. The molecule has 0 saturated carbocycles. The number of ether oxygens (including phenoxy) is 1. The van der Waals surface area contributed by atoms with Gasteiger partial charge in [-0.2, -0.15) is 0 Å². The predicted molar refractivity (Wildman–Crippen MR) is 110 cm³/mol. The fourth-order valence-corrected chi connectivity index (χ4v) is 3.53. The van der Waals surface area contributed by atoms with Crippen LogP contribution in [-0.4, -0.2) is 29.9 Å². The van der Waals surface area contributed by atoms with E-state index in [9.17, 15) is 4.79 Å². The first-order chi connectivity index (χ1) is 13.8. The van der Waals surface area contributed by atoms with E-state index in [2.05, 4.69) is 0 Å². The molecule has 1 aliphatic rings. The van der Waals surface area contributed by atoms with Gasteiger partial charge in [-0.05, 0) is 11.1 Å². The number of nitrogens with zero attached hydrogens (tertiary/aromatic N) is 2. The Morgan fingerprint density at radius 2 is 1.43 bits per heavy atom. The summed E-state index contributed by atoms with van der Waals surface area (Å²) in [6, 6.07) is 29.3. The third kappa shape index (κ3) is 3.59. The van der Waals surface area contributed by atoms with Crippen LogP contribution in [0.5, 0.6) is 0 Å². The average Bonchev–Trinajstić information content (AvgIpc) is 2.77. The maximum atomic E-state index is 13.4. The highest BCUT2D eigenvalue weighted by Crippen LogP contribution is 2.31. The number of hydrogen-bond acceptors (Lipinski definition) is 3. The Morgan fingerprint density at radius 1 is 0.857 bits per heavy atom. The minimum atomic E-state index is -0.654. The van der Waals surface area contributed by atoms with Gasteiger partial charge in [0.2, 0.25) is 0 Å². The van der Waals surface area contributed by atoms with Crippen molar-refractivity contribution in [2.75, 3.05) is 7.11 Å². The van der Waals surface area contributed by atoms with E-state index in [-0.39, 0.29) is 11.9 Å². The summed E-state index contributed by atoms with van der Waals surface area (Å²) >= 11 is 0. The maximum absolute atomic E-state index is 13.4. The lowest BCUT2D eigenvalue weighted by Gasteiger charge is -2.36. The predicted octanol–water partition coefficient (Wildman–Crippen LogP) is 4.23. The summed E-state index contributed by atoms with van der Waals surface area (Å²) in [5, 5.41) is 0. The number of hydrogen-bond donors (Lipinski definition) is 0. The lowest BCUT2D eigenvalue weighted by atomic mass is 9.97. The standard InChI is InChI=1S/C24H22N2O2/c1-28-22-21(19-13-7-3-8-14-19)25-23(20-15-9-4-10-16-20)26(24(22)27)17-18-11-5-2-6-12-18/h2-16,21-22H,17H2,1H3/t21-,22?/m0/s1. The Morgan fingerprint density at radius 3 is 2.04 bits per heavy atom. The number of benzene rings is 3. The molecule has 0 saturated heterocycles. The van der Waals surface area contributed by atoms with Gasteiger partial charge in [0.25, 0.3) is 5.91 Å². The van der Waals surface area contributed by atoms with Crippen LogP contribution >= 0.6 is 0 Å². The molecule has 3 aromatic carbocycles. The molecule has 28 heavy (non-hydrogen) atoms. The largest absolute Gasteiger partial charge is 0.369 e. The van der Waals surface area contributed by atoms with Crippen LogP contribution in [0.4, 0.5) is 0 Å². The molecule has 1 aliphatic heterocycles. The fraction of sp³-hybridized carbons (Fsp3) is 0.167. The molecule has 0 radical (unpaired) electrons. The topological polar surface area (TPSA) is 41.9 Å². The first kappa shape index (κ1) is 18.1. The van der Waals surface area contributed by atoms with Gasteiger partial charge in [0.15, 0.2) is 6.10 Å². The lowest BCUT2D eigenvalue weighted by molar-refractivity contribution is -0.140. The number of amides is 1. The molecule has 1 heterocycles. The molecule has 0 fully saturated rings. The van der Waals surface area contributed by atoms with Gasteiger partial charge in [-0.15, -0.1) is 0 Å². The summed E-state index contributed by atoms with van der Waals surface area (Å²) in [5.74, 6) is 0.602. The second kappa shape index (κ2) is 8.19. The molecule has 4 nitrogen and oxygen atoms in total. The zero-order chi connectivity index (χ0) is 19.3. The Kier molecular flexibility index (Phi) is 5.31. The van der Waals surface area contributed by atoms with Crippen LogP contribution in [0.2, 0.25) is 0 Å². The molecule has 4 rings (SSSR count). The SMILES string of the molecule is COC1C(=O)N(Cc2ccccc2)C(c2ccccc2)=N[C@H]1c1ccccc1. The van der Waals surface area contributed by atoms with Crippen LogP contribution < -0.4 is 0 Å². The van der Waals surface area contributed by atoms with Crippen molar-refractivity contribution < 1.29 is 9.53 Å². The van der Waals surface area contributed by atoms with Gasteiger partial charge in [-0.25, -0.2) is 0 Å². The number of methoxy groups -OCH3 is 1. The van der Waals surface area contributed by atoms with Gasteiger partial charge in [-0.3, -0.25) is 14.7 Å². The van der Waals surface area contributed by atoms with Crippen molar-refractivity contribution in [3.05, 3.63) is 108 Å². The van der Waals surface area contributed by atoms with Gasteiger partial charge in [0.1, 0.15) is 11.9 Å². The van der Waals surface area contributed by atoms with E-state index >= 15 is 0 Å². The van der Waals surface area contributed by atoms with Gasteiger partial charge >= 0.3 is 0 Å². The highest BCUT2D eigenvalue weighted by Gasteiger charge is 2.39. The molecular weight excluding hydrogens is 348 g/mol. The van der Waals surface area contributed by atoms with Gasteiger partial charge in [0.05, 0.1) is 6.54 Å². The zero-order valence-electron chi connectivity index (χ0n) is 15.7. The summed E-state index contributed by atoms with van der Waals surface area (Å²) < 4.78 is 5.62. The molecule has 1 amide bonds. The fourth-order valence-electron chi connectivity index (χ4n) is 3.53. The van der Waals surface area contributed by atoms with Gasteiger partial charge in [0, 0.05) is 12.7 Å². The van der Waals surface area contributed by atoms with Gasteiger partial charge in [-0.1, -0.05) is 91.0 Å². The normalized spacial score (nSPS) is 19.4. The summed E-state index contributed by atoms with van der Waals surface area (Å²) in [7, 11) is 1.57. The van der Waals surface area contributed by atoms with Crippen molar-refractivity contribution in [3.8, 4) is 0 Å². The summed E-state index contributed by atoms with van der Waals surface area (Å²) in [4.78, 5) is 20.2. The number of rotatable bonds is 5. The van der Waals surface area contributed by atoms with E-state index in [1.165, 1.54) is 0 Å². The van der Waals surface area contributed by atoms with E-state index in [1.54, 1.807) is 12.0 Å². The van der Waals surface area contributed by atoms with Crippen molar-refractivity contribution in [1.29, 1.82) is 0 Å². The summed E-state index contributed by atoms with van der Waals surface area (Å²) in [6.07, 6.45) is -0.654. The first-order valence-electron chi connectivity index (χ1n) is 9.34. The molecule has 140 valence electrons. The van der Waals surface area contributed by atoms with Crippen molar-refractivity contribution in [3.63, 3.8) is 0 Å². The van der Waals surface area contributed by atoms with E-state index in [4.69, 9.17) is 9.73 Å². The molecule has 3 aromatic rings. The number of carbonyl (C=O) groups excluding carboxylic acids is 1. The minimum Gasteiger partial charge on any atom is -0.369 e. The Balaban J connectivity index is 1.81. The van der Waals surface area contributed by atoms with E-state index in [0.29, 0.717) is 12.4 Å². The first-order valence-corrected chi connectivity index (χ1v) is 9.34. The molecule has 2 atom stereocenters. The number of amidine groups is 1. The van der Waals surface area contributed by atoms with Crippen LogP contribution in [0, 0.1) is 0 Å². The Bertz CT molecular complexity index is 956. The molecular formula is C24H22N2O2. The molecule has 0 bridgehead atoms. The second-order valence-corrected chi connectivity index (χ2v) is 6.74. The van der Waals surface area contributed by atoms with E-state index in [0.717, 1.165) is 16.7 Å². The minimum absolute atomic E-state index is 0.0749. The van der Waals surface area contributed by atoms with Crippen molar-refractivity contribution in [1.82, 2.24) is 4.90 Å². The highest BCUT2D eigenvalue weighted by molar-refractivity contribution is 6.10. The molecule has 4 heteroatoms. The molecule has 0 N–H and O–H groups in total. The molecule has 0 aliphatic carbocycles. The van der Waals surface area contributed by atoms with Crippen molar-refractivity contribution in [2.45, 2.75) is 18.7 Å². The smallest absolute Gasteiger partial charge is 0.260 e. The third-order valence-corrected chi connectivity index (χ3v) is 4.92. The van der Waals surface area contributed by atoms with Crippen LogP contribution in [0.1, 0.15) is 22.7 Å². The number of aliphatic imine (C=N–C) groups is 1. The van der Waals surface area contributed by atoms with Crippen LogP contribution in [0.3, 0.4) is 0 Å². The second-order valence-electron chi connectivity index (χ2n) is 6.74. The number of carbonyl (C=O) groups is 1. The zero-order valence-corrected chi connectivity index (χ0v) is 15.7. The molecule has 1 unspecified atom stereocenters. The van der Waals surface area contributed by atoms with E-state index < -0.39 is 6.10 Å². The monoisotopic (exact) mass is 370 g/mol. The maximum Gasteiger partial charge on any atom is 0.260 e. The Labute approximate surface area is 165 Å². The van der Waals surface area contributed by atoms with Crippen LogP contribution in [0.15, 0.2) is 96.0 Å². The van der Waals surface area contributed by atoms with Crippen molar-refractivity contribution >= 4 is 11.7 Å². The van der Waals surface area contributed by atoms with Gasteiger partial charge < -0.3 is 4.74 Å². The summed E-state index contributed by atoms with van der Waals surface area (Å²) in [6.45, 7) is 0.453. The quantitative estimate of drug-likeness (QED) is 0.674. The highest BCUT2D eigenvalue weighted by atomic mass is 16.5. The lowest BCUT2D eigenvalue weighted by Crippen LogP contribution is -2.50. The molecule has 0 aromatic heterocycles. The van der Waals surface area contributed by atoms with E-state index in [1.807, 2.05) is 91.0 Å². The Hall–Kier alpha value is -3.24. The average molecular weight is 370 g/mol. The third-order valence-electron chi connectivity index (χ3n) is 4.92. The van der Waals surface area contributed by atoms with Crippen molar-refractivity contribution in [2.24, 2.45) is 4.99 Å². The van der Waals surface area contributed by atoms with Crippen LogP contribution in [-0.2, 0) is 16.1 Å². The van der Waals surface area contributed by atoms with Crippen LogP contribution in [0.25, 0.3) is 0 Å².